The number of nitrogens with zero attached hydrogens (tertiary/aromatic N) is 1. The number of benzene rings is 3. The third kappa shape index (κ3) is 3.05. The molecule has 0 fully saturated rings. The van der Waals surface area contributed by atoms with Crippen molar-refractivity contribution < 1.29 is 9.18 Å². The van der Waals surface area contributed by atoms with Gasteiger partial charge in [-0.1, -0.05) is 36.4 Å². The number of hydrogen-bond donors (Lipinski definition) is 1. The lowest BCUT2D eigenvalue weighted by molar-refractivity contribution is 0.106. The van der Waals surface area contributed by atoms with Gasteiger partial charge in [-0.25, -0.2) is 9.38 Å². The number of aromatic nitrogens is 1. The Balaban J connectivity index is 1.88. The van der Waals surface area contributed by atoms with Crippen LogP contribution in [0, 0.1) is 5.82 Å². The van der Waals surface area contributed by atoms with E-state index in [1.54, 1.807) is 6.20 Å². The molecule has 0 aliphatic carbocycles. The number of aliphatic imine (C=N–C) groups is 1. The highest BCUT2D eigenvalue weighted by Crippen LogP contribution is 2.23. The quantitative estimate of drug-likeness (QED) is 0.396. The molecule has 0 saturated carbocycles. The summed E-state index contributed by atoms with van der Waals surface area (Å²) in [4.78, 5) is 20.9. The number of hydrogen-bond acceptors (Lipinski definition) is 2. The predicted molar refractivity (Wildman–Crippen MR) is 102 cm³/mol. The van der Waals surface area contributed by atoms with Gasteiger partial charge in [0.1, 0.15) is 11.5 Å². The first kappa shape index (κ1) is 16.0. The van der Waals surface area contributed by atoms with Crippen LogP contribution >= 0.6 is 0 Å². The minimum absolute atomic E-state index is 0.251. The number of carbonyl (C=O) groups is 1. The highest BCUT2D eigenvalue weighted by Gasteiger charge is 2.20. The Labute approximate surface area is 149 Å². The molecule has 0 amide bonds. The van der Waals surface area contributed by atoms with E-state index in [4.69, 9.17) is 0 Å². The molecule has 3 nitrogen and oxygen atoms in total. The monoisotopic (exact) mass is 342 g/mol. The Morgan fingerprint density at radius 1 is 0.846 bits per heavy atom. The summed E-state index contributed by atoms with van der Waals surface area (Å²) in [5.74, 6) is -0.631. The lowest BCUT2D eigenvalue weighted by Crippen LogP contribution is -2.15. The van der Waals surface area contributed by atoms with E-state index in [0.29, 0.717) is 17.0 Å². The molecule has 3 aromatic carbocycles. The van der Waals surface area contributed by atoms with Crippen LogP contribution in [-0.2, 0) is 0 Å². The second kappa shape index (κ2) is 6.76. The first-order valence-corrected chi connectivity index (χ1v) is 8.23. The van der Waals surface area contributed by atoms with Crippen LogP contribution in [0.25, 0.3) is 10.9 Å². The Morgan fingerprint density at radius 2 is 1.54 bits per heavy atom. The molecule has 0 radical (unpaired) electrons. The Bertz CT molecular complexity index is 1100. The van der Waals surface area contributed by atoms with Crippen molar-refractivity contribution in [2.45, 2.75) is 0 Å². The largest absolute Gasteiger partial charge is 0.360 e. The summed E-state index contributed by atoms with van der Waals surface area (Å²) in [7, 11) is 0. The van der Waals surface area contributed by atoms with E-state index in [1.165, 1.54) is 24.3 Å². The average molecular weight is 342 g/mol. The predicted octanol–water partition coefficient (Wildman–Crippen LogP) is 5.31. The van der Waals surface area contributed by atoms with Gasteiger partial charge in [0.25, 0.3) is 0 Å². The zero-order valence-electron chi connectivity index (χ0n) is 13.8. The van der Waals surface area contributed by atoms with E-state index in [2.05, 4.69) is 9.98 Å². The van der Waals surface area contributed by atoms with E-state index in [9.17, 15) is 9.18 Å². The Kier molecular flexibility index (Phi) is 4.15. The minimum Gasteiger partial charge on any atom is -0.360 e. The summed E-state index contributed by atoms with van der Waals surface area (Å²) in [6, 6.07) is 22.6. The van der Waals surface area contributed by atoms with Crippen molar-refractivity contribution in [3.63, 3.8) is 0 Å². The maximum Gasteiger partial charge on any atom is 0.212 e. The fraction of sp³-hybridized carbons (Fsp3) is 0. The molecule has 0 bridgehead atoms. The van der Waals surface area contributed by atoms with Gasteiger partial charge in [-0.15, -0.1) is 0 Å². The van der Waals surface area contributed by atoms with Gasteiger partial charge < -0.3 is 4.98 Å². The number of H-pyrrole nitrogens is 1. The molecule has 4 rings (SSSR count). The lowest BCUT2D eigenvalue weighted by atomic mass is 10.00. The number of rotatable bonds is 4. The SMILES string of the molecule is O=C(C(=Nc1ccccc1)c1c[nH]c2ccccc12)c1ccc(F)cc1. The van der Waals surface area contributed by atoms with Crippen LogP contribution in [-0.4, -0.2) is 16.5 Å². The van der Waals surface area contributed by atoms with E-state index >= 15 is 0 Å². The number of fused-ring (bicyclic) bond motifs is 1. The lowest BCUT2D eigenvalue weighted by Gasteiger charge is -2.06. The Hall–Kier alpha value is -3.53. The van der Waals surface area contributed by atoms with Crippen molar-refractivity contribution in [2.24, 2.45) is 4.99 Å². The molecule has 0 unspecified atom stereocenters. The maximum absolute atomic E-state index is 13.2. The third-order valence-corrected chi connectivity index (χ3v) is 4.16. The van der Waals surface area contributed by atoms with Crippen molar-refractivity contribution >= 4 is 28.1 Å². The highest BCUT2D eigenvalue weighted by atomic mass is 19.1. The van der Waals surface area contributed by atoms with Crippen molar-refractivity contribution in [2.75, 3.05) is 0 Å². The van der Waals surface area contributed by atoms with Gasteiger partial charge in [-0.05, 0) is 42.5 Å². The fourth-order valence-corrected chi connectivity index (χ4v) is 2.87. The highest BCUT2D eigenvalue weighted by molar-refractivity contribution is 6.53. The van der Waals surface area contributed by atoms with Crippen molar-refractivity contribution in [3.05, 3.63) is 102 Å². The first-order chi connectivity index (χ1) is 12.7. The number of nitrogens with one attached hydrogen (secondary N) is 1. The molecule has 1 heterocycles. The zero-order chi connectivity index (χ0) is 17.9. The molecule has 4 aromatic rings. The second-order valence-corrected chi connectivity index (χ2v) is 5.88. The first-order valence-electron chi connectivity index (χ1n) is 8.23. The molecule has 0 spiro atoms. The van der Waals surface area contributed by atoms with Crippen LogP contribution in [0.15, 0.2) is 90.1 Å². The van der Waals surface area contributed by atoms with Crippen LogP contribution in [0.2, 0.25) is 0 Å². The van der Waals surface area contributed by atoms with E-state index in [1.807, 2.05) is 54.6 Å². The van der Waals surface area contributed by atoms with Gasteiger partial charge in [0.05, 0.1) is 5.69 Å². The van der Waals surface area contributed by atoms with Crippen LogP contribution in [0.5, 0.6) is 0 Å². The number of carbonyl (C=O) groups excluding carboxylic acids is 1. The Morgan fingerprint density at radius 3 is 2.31 bits per heavy atom. The normalized spacial score (nSPS) is 11.7. The van der Waals surface area contributed by atoms with Gasteiger partial charge in [-0.3, -0.25) is 4.79 Å². The van der Waals surface area contributed by atoms with Crippen LogP contribution in [0.3, 0.4) is 0 Å². The van der Waals surface area contributed by atoms with Crippen molar-refractivity contribution in [1.29, 1.82) is 0 Å². The van der Waals surface area contributed by atoms with Crippen LogP contribution < -0.4 is 0 Å². The molecule has 4 heteroatoms. The van der Waals surface area contributed by atoms with Crippen molar-refractivity contribution in [3.8, 4) is 0 Å². The smallest absolute Gasteiger partial charge is 0.212 e. The van der Waals surface area contributed by atoms with Gasteiger partial charge in [0.15, 0.2) is 0 Å². The number of Topliss-reactive ketones (excluding diaryl/α,β-unsaturated/α-hetero) is 1. The topological polar surface area (TPSA) is 45.2 Å². The number of aromatic amines is 1. The van der Waals surface area contributed by atoms with Gasteiger partial charge in [0.2, 0.25) is 5.78 Å². The van der Waals surface area contributed by atoms with E-state index in [-0.39, 0.29) is 11.6 Å². The molecule has 126 valence electrons. The van der Waals surface area contributed by atoms with Crippen LogP contribution in [0.1, 0.15) is 15.9 Å². The summed E-state index contributed by atoms with van der Waals surface area (Å²) in [5, 5.41) is 0.914. The average Bonchev–Trinajstić information content (AvgIpc) is 3.11. The molecular formula is C22H15FN2O. The summed E-state index contributed by atoms with van der Waals surface area (Å²) >= 11 is 0. The molecule has 0 aliphatic rings. The molecule has 0 aliphatic heterocycles. The molecule has 1 aromatic heterocycles. The maximum atomic E-state index is 13.2. The zero-order valence-corrected chi connectivity index (χ0v) is 13.8. The number of halogens is 1. The molecular weight excluding hydrogens is 327 g/mol. The fourth-order valence-electron chi connectivity index (χ4n) is 2.87. The standard InChI is InChI=1S/C22H15FN2O/c23-16-12-10-15(11-13-16)22(26)21(25-17-6-2-1-3-7-17)19-14-24-20-9-5-4-8-18(19)20/h1-14,24H. The summed E-state index contributed by atoms with van der Waals surface area (Å²) in [6.07, 6.45) is 1.79. The van der Waals surface area contributed by atoms with Gasteiger partial charge in [0, 0.05) is 28.2 Å². The van der Waals surface area contributed by atoms with Crippen LogP contribution in [0.4, 0.5) is 10.1 Å². The van der Waals surface area contributed by atoms with Gasteiger partial charge in [-0.2, -0.15) is 0 Å². The second-order valence-electron chi connectivity index (χ2n) is 5.88. The third-order valence-electron chi connectivity index (χ3n) is 4.16. The number of ketones is 1. The summed E-state index contributed by atoms with van der Waals surface area (Å²) < 4.78 is 13.2. The number of para-hydroxylation sites is 2. The minimum atomic E-state index is -0.379. The molecule has 1 N–H and O–H groups in total. The molecule has 0 saturated heterocycles. The molecule has 26 heavy (non-hydrogen) atoms. The van der Waals surface area contributed by atoms with Gasteiger partial charge >= 0.3 is 0 Å². The van der Waals surface area contributed by atoms with E-state index in [0.717, 1.165) is 16.5 Å². The van der Waals surface area contributed by atoms with Crippen molar-refractivity contribution in [1.82, 2.24) is 4.98 Å². The molecule has 0 atom stereocenters. The van der Waals surface area contributed by atoms with E-state index < -0.39 is 0 Å². The summed E-state index contributed by atoms with van der Waals surface area (Å²) in [6.45, 7) is 0. The summed E-state index contributed by atoms with van der Waals surface area (Å²) in [5.41, 5.74) is 3.05.